The van der Waals surface area contributed by atoms with Gasteiger partial charge in [-0.2, -0.15) is 5.10 Å². The molecule has 20 heavy (non-hydrogen) atoms. The zero-order valence-corrected chi connectivity index (χ0v) is 10.6. The number of hydrogen-bond donors (Lipinski definition) is 1. The molecule has 0 saturated carbocycles. The number of carbonyl (C=O) groups is 1. The van der Waals surface area contributed by atoms with E-state index >= 15 is 0 Å². The quantitative estimate of drug-likeness (QED) is 0.790. The number of benzene rings is 1. The van der Waals surface area contributed by atoms with Gasteiger partial charge in [0.05, 0.1) is 11.9 Å². The summed E-state index contributed by atoms with van der Waals surface area (Å²) in [4.78, 5) is 11.2. The van der Waals surface area contributed by atoms with Crippen LogP contribution in [0.2, 0.25) is 0 Å². The lowest BCUT2D eigenvalue weighted by molar-refractivity contribution is 0.0696. The molecular weight excluding hydrogens is 258 g/mol. The zero-order chi connectivity index (χ0) is 14.1. The van der Waals surface area contributed by atoms with Crippen LogP contribution in [0.5, 0.6) is 0 Å². The zero-order valence-electron chi connectivity index (χ0n) is 10.6. The van der Waals surface area contributed by atoms with Crippen LogP contribution in [-0.2, 0) is 0 Å². The molecule has 3 rings (SSSR count). The highest BCUT2D eigenvalue weighted by atomic mass is 16.5. The molecule has 6 nitrogen and oxygen atoms in total. The van der Waals surface area contributed by atoms with Gasteiger partial charge in [-0.05, 0) is 19.1 Å². The first kappa shape index (κ1) is 12.2. The molecule has 0 unspecified atom stereocenters. The number of hydrogen-bond acceptors (Lipinski definition) is 4. The summed E-state index contributed by atoms with van der Waals surface area (Å²) in [5.41, 5.74) is 1.84. The third-order valence-corrected chi connectivity index (χ3v) is 2.95. The smallest absolute Gasteiger partial charge is 0.341 e. The van der Waals surface area contributed by atoms with Gasteiger partial charge in [0, 0.05) is 11.8 Å². The Labute approximate surface area is 114 Å². The molecule has 6 heteroatoms. The van der Waals surface area contributed by atoms with Crippen LogP contribution in [0.15, 0.2) is 47.2 Å². The van der Waals surface area contributed by atoms with Gasteiger partial charge in [-0.25, -0.2) is 9.48 Å². The van der Waals surface area contributed by atoms with Gasteiger partial charge in [0.15, 0.2) is 0 Å². The fourth-order valence-electron chi connectivity index (χ4n) is 1.99. The number of aromatic carboxylic acids is 1. The summed E-state index contributed by atoms with van der Waals surface area (Å²) >= 11 is 0. The fourth-order valence-corrected chi connectivity index (χ4v) is 1.99. The molecule has 0 bridgehead atoms. The second kappa shape index (κ2) is 4.65. The number of carboxylic acid groups (broad SMARTS) is 1. The maximum Gasteiger partial charge on any atom is 0.341 e. The molecule has 2 aromatic heterocycles. The van der Waals surface area contributed by atoms with Crippen molar-refractivity contribution in [2.45, 2.75) is 6.92 Å². The molecule has 3 aromatic rings. The molecule has 0 aliphatic heterocycles. The van der Waals surface area contributed by atoms with E-state index in [4.69, 9.17) is 4.52 Å². The average Bonchev–Trinajstić information content (AvgIpc) is 3.05. The van der Waals surface area contributed by atoms with Crippen molar-refractivity contribution in [3.8, 4) is 16.9 Å². The van der Waals surface area contributed by atoms with E-state index in [-0.39, 0.29) is 17.0 Å². The van der Waals surface area contributed by atoms with Gasteiger partial charge >= 0.3 is 5.97 Å². The maximum absolute atomic E-state index is 11.2. The Morgan fingerprint density at radius 2 is 2.05 bits per heavy atom. The van der Waals surface area contributed by atoms with Crippen LogP contribution in [-0.4, -0.2) is 26.0 Å². The van der Waals surface area contributed by atoms with Gasteiger partial charge in [-0.3, -0.25) is 0 Å². The SMILES string of the molecule is Cc1onc(-c2cnn(-c3ccccc3)c2)c1C(=O)O. The van der Waals surface area contributed by atoms with E-state index in [1.165, 1.54) is 0 Å². The van der Waals surface area contributed by atoms with E-state index in [9.17, 15) is 9.90 Å². The predicted octanol–water partition coefficient (Wildman–Crippen LogP) is 2.53. The van der Waals surface area contributed by atoms with Gasteiger partial charge in [0.2, 0.25) is 0 Å². The number of para-hydroxylation sites is 1. The minimum atomic E-state index is -1.06. The number of nitrogens with zero attached hydrogens (tertiary/aromatic N) is 3. The van der Waals surface area contributed by atoms with Gasteiger partial charge in [0.25, 0.3) is 0 Å². The highest BCUT2D eigenvalue weighted by Crippen LogP contribution is 2.25. The third-order valence-electron chi connectivity index (χ3n) is 2.95. The first-order valence-corrected chi connectivity index (χ1v) is 5.97. The molecule has 2 heterocycles. The number of carboxylic acids is 1. The Bertz CT molecular complexity index is 759. The molecular formula is C14H11N3O3. The van der Waals surface area contributed by atoms with Crippen LogP contribution in [0.4, 0.5) is 0 Å². The monoisotopic (exact) mass is 269 g/mol. The predicted molar refractivity (Wildman–Crippen MR) is 70.8 cm³/mol. The summed E-state index contributed by atoms with van der Waals surface area (Å²) in [6.07, 6.45) is 3.29. The van der Waals surface area contributed by atoms with E-state index in [1.807, 2.05) is 30.3 Å². The second-order valence-electron chi connectivity index (χ2n) is 4.28. The molecule has 0 atom stereocenters. The summed E-state index contributed by atoms with van der Waals surface area (Å²) in [6.45, 7) is 1.57. The van der Waals surface area contributed by atoms with Crippen molar-refractivity contribution >= 4 is 5.97 Å². The molecule has 1 N–H and O–H groups in total. The molecule has 0 saturated heterocycles. The first-order valence-electron chi connectivity index (χ1n) is 5.97. The van der Waals surface area contributed by atoms with Crippen molar-refractivity contribution in [2.75, 3.05) is 0 Å². The molecule has 1 aromatic carbocycles. The van der Waals surface area contributed by atoms with Gasteiger partial charge in [-0.15, -0.1) is 0 Å². The van der Waals surface area contributed by atoms with Crippen molar-refractivity contribution in [1.29, 1.82) is 0 Å². The van der Waals surface area contributed by atoms with E-state index < -0.39 is 5.97 Å². The molecule has 0 spiro atoms. The van der Waals surface area contributed by atoms with Crippen molar-refractivity contribution in [3.05, 3.63) is 54.0 Å². The molecule has 100 valence electrons. The van der Waals surface area contributed by atoms with Crippen LogP contribution in [0.25, 0.3) is 16.9 Å². The van der Waals surface area contributed by atoms with Crippen LogP contribution >= 0.6 is 0 Å². The molecule has 0 aliphatic rings. The Morgan fingerprint density at radius 1 is 1.30 bits per heavy atom. The van der Waals surface area contributed by atoms with E-state index in [1.54, 1.807) is 24.0 Å². The summed E-state index contributed by atoms with van der Waals surface area (Å²) in [7, 11) is 0. The van der Waals surface area contributed by atoms with Gasteiger partial charge in [-0.1, -0.05) is 23.4 Å². The standard InChI is InChI=1S/C14H11N3O3/c1-9-12(14(18)19)13(16-20-9)10-7-15-17(8-10)11-5-3-2-4-6-11/h2-8H,1H3,(H,18,19). The normalized spacial score (nSPS) is 10.7. The Hall–Kier alpha value is -2.89. The first-order chi connectivity index (χ1) is 9.66. The van der Waals surface area contributed by atoms with Crippen LogP contribution in [0, 0.1) is 6.92 Å². The molecule has 0 radical (unpaired) electrons. The van der Waals surface area contributed by atoms with Crippen molar-refractivity contribution in [3.63, 3.8) is 0 Å². The number of aryl methyl sites for hydroxylation is 1. The van der Waals surface area contributed by atoms with Crippen LogP contribution in [0.3, 0.4) is 0 Å². The molecule has 0 fully saturated rings. The summed E-state index contributed by atoms with van der Waals surface area (Å²) in [6, 6.07) is 9.53. The second-order valence-corrected chi connectivity index (χ2v) is 4.28. The Morgan fingerprint density at radius 3 is 2.75 bits per heavy atom. The summed E-state index contributed by atoms with van der Waals surface area (Å²) in [5, 5.41) is 17.2. The summed E-state index contributed by atoms with van der Waals surface area (Å²) < 4.78 is 6.62. The lowest BCUT2D eigenvalue weighted by Crippen LogP contribution is -1.98. The minimum absolute atomic E-state index is 0.0672. The molecule has 0 amide bonds. The number of rotatable bonds is 3. The third kappa shape index (κ3) is 1.97. The highest BCUT2D eigenvalue weighted by Gasteiger charge is 2.21. The van der Waals surface area contributed by atoms with Gasteiger partial charge in [0.1, 0.15) is 17.0 Å². The van der Waals surface area contributed by atoms with Crippen LogP contribution in [0.1, 0.15) is 16.1 Å². The van der Waals surface area contributed by atoms with E-state index in [2.05, 4.69) is 10.3 Å². The summed E-state index contributed by atoms with van der Waals surface area (Å²) in [5.74, 6) is -0.786. The van der Waals surface area contributed by atoms with Crippen molar-refractivity contribution < 1.29 is 14.4 Å². The highest BCUT2D eigenvalue weighted by molar-refractivity contribution is 5.95. The fraction of sp³-hybridized carbons (Fsp3) is 0.0714. The van der Waals surface area contributed by atoms with Crippen LogP contribution < -0.4 is 0 Å². The van der Waals surface area contributed by atoms with Crippen molar-refractivity contribution in [2.24, 2.45) is 0 Å². The average molecular weight is 269 g/mol. The maximum atomic E-state index is 11.2. The minimum Gasteiger partial charge on any atom is -0.477 e. The Kier molecular flexibility index (Phi) is 2.83. The lowest BCUT2D eigenvalue weighted by atomic mass is 10.1. The van der Waals surface area contributed by atoms with E-state index in [0.29, 0.717) is 5.56 Å². The molecule has 0 aliphatic carbocycles. The largest absolute Gasteiger partial charge is 0.477 e. The Balaban J connectivity index is 2.05. The van der Waals surface area contributed by atoms with E-state index in [0.717, 1.165) is 5.69 Å². The topological polar surface area (TPSA) is 81.2 Å². The van der Waals surface area contributed by atoms with Crippen molar-refractivity contribution in [1.82, 2.24) is 14.9 Å². The number of aromatic nitrogens is 3. The van der Waals surface area contributed by atoms with Gasteiger partial charge < -0.3 is 9.63 Å². The lowest BCUT2D eigenvalue weighted by Gasteiger charge is -1.98.